The standard InChI is InChI=1S/C13H21N3.ClH/c1-14-9-12-4-7-16(8-5-12)11-13-3-2-6-15-10-13;/h2-3,6,10,12,14H,4-5,7-9,11H2,1H3;1H. The zero-order valence-corrected chi connectivity index (χ0v) is 11.2. The molecule has 0 amide bonds. The average molecular weight is 256 g/mol. The van der Waals surface area contributed by atoms with Crippen molar-refractivity contribution in [2.24, 2.45) is 5.92 Å². The molecule has 0 bridgehead atoms. The lowest BCUT2D eigenvalue weighted by Gasteiger charge is -2.31. The van der Waals surface area contributed by atoms with Gasteiger partial charge < -0.3 is 5.32 Å². The van der Waals surface area contributed by atoms with Crippen molar-refractivity contribution in [2.45, 2.75) is 19.4 Å². The van der Waals surface area contributed by atoms with Gasteiger partial charge in [-0.25, -0.2) is 0 Å². The predicted octanol–water partition coefficient (Wildman–Crippen LogP) is 1.93. The second kappa shape index (κ2) is 7.64. The normalized spacial score (nSPS) is 17.7. The maximum atomic E-state index is 4.16. The van der Waals surface area contributed by atoms with E-state index in [0.717, 1.165) is 12.5 Å². The summed E-state index contributed by atoms with van der Waals surface area (Å²) < 4.78 is 0. The molecule has 0 aromatic carbocycles. The summed E-state index contributed by atoms with van der Waals surface area (Å²) in [4.78, 5) is 6.69. The summed E-state index contributed by atoms with van der Waals surface area (Å²) in [6.07, 6.45) is 6.45. The van der Waals surface area contributed by atoms with Crippen LogP contribution in [-0.2, 0) is 6.54 Å². The first-order chi connectivity index (χ1) is 7.88. The fourth-order valence-electron chi connectivity index (χ4n) is 2.39. The summed E-state index contributed by atoms with van der Waals surface area (Å²) in [5.41, 5.74) is 1.33. The van der Waals surface area contributed by atoms with E-state index in [9.17, 15) is 0 Å². The highest BCUT2D eigenvalue weighted by Gasteiger charge is 2.18. The number of rotatable bonds is 4. The summed E-state index contributed by atoms with van der Waals surface area (Å²) >= 11 is 0. The van der Waals surface area contributed by atoms with Crippen molar-refractivity contribution in [1.82, 2.24) is 15.2 Å². The summed E-state index contributed by atoms with van der Waals surface area (Å²) in [6.45, 7) is 4.67. The lowest BCUT2D eigenvalue weighted by molar-refractivity contribution is 0.176. The van der Waals surface area contributed by atoms with Gasteiger partial charge in [0.1, 0.15) is 0 Å². The number of aromatic nitrogens is 1. The first-order valence-electron chi connectivity index (χ1n) is 6.14. The lowest BCUT2D eigenvalue weighted by Crippen LogP contribution is -2.36. The minimum atomic E-state index is 0. The fraction of sp³-hybridized carbons (Fsp3) is 0.615. The molecule has 0 atom stereocenters. The Morgan fingerprint density at radius 1 is 1.41 bits per heavy atom. The Hall–Kier alpha value is -0.640. The topological polar surface area (TPSA) is 28.2 Å². The van der Waals surface area contributed by atoms with Crippen molar-refractivity contribution in [3.05, 3.63) is 30.1 Å². The molecule has 3 nitrogen and oxygen atoms in total. The van der Waals surface area contributed by atoms with E-state index in [1.807, 2.05) is 25.5 Å². The molecule has 1 aromatic heterocycles. The van der Waals surface area contributed by atoms with Crippen LogP contribution >= 0.6 is 12.4 Å². The van der Waals surface area contributed by atoms with Crippen LogP contribution in [0.15, 0.2) is 24.5 Å². The SMILES string of the molecule is CNCC1CCN(Cc2cccnc2)CC1.Cl. The lowest BCUT2D eigenvalue weighted by atomic mass is 9.96. The molecule has 1 N–H and O–H groups in total. The molecule has 1 saturated heterocycles. The molecule has 1 fully saturated rings. The van der Waals surface area contributed by atoms with E-state index >= 15 is 0 Å². The van der Waals surface area contributed by atoms with Gasteiger partial charge in [0, 0.05) is 18.9 Å². The molecule has 1 aliphatic rings. The number of hydrogen-bond acceptors (Lipinski definition) is 3. The quantitative estimate of drug-likeness (QED) is 0.891. The zero-order valence-electron chi connectivity index (χ0n) is 10.4. The van der Waals surface area contributed by atoms with Crippen LogP contribution in [0.3, 0.4) is 0 Å². The Balaban J connectivity index is 0.00000144. The Bertz CT molecular complexity index is 297. The van der Waals surface area contributed by atoms with Crippen LogP contribution in [0.2, 0.25) is 0 Å². The van der Waals surface area contributed by atoms with Gasteiger partial charge in [0.05, 0.1) is 0 Å². The first kappa shape index (κ1) is 14.4. The smallest absolute Gasteiger partial charge is 0.0312 e. The van der Waals surface area contributed by atoms with Crippen LogP contribution in [0, 0.1) is 5.92 Å². The molecule has 17 heavy (non-hydrogen) atoms. The molecule has 1 aromatic rings. The number of pyridine rings is 1. The molecule has 0 saturated carbocycles. The van der Waals surface area contributed by atoms with Crippen molar-refractivity contribution in [3.8, 4) is 0 Å². The summed E-state index contributed by atoms with van der Waals surface area (Å²) in [5.74, 6) is 0.871. The van der Waals surface area contributed by atoms with E-state index in [0.29, 0.717) is 0 Å². The number of hydrogen-bond donors (Lipinski definition) is 1. The monoisotopic (exact) mass is 255 g/mol. The average Bonchev–Trinajstić information content (AvgIpc) is 2.33. The van der Waals surface area contributed by atoms with Gasteiger partial charge in [0.2, 0.25) is 0 Å². The van der Waals surface area contributed by atoms with E-state index in [2.05, 4.69) is 21.3 Å². The minimum absolute atomic E-state index is 0. The molecule has 2 heterocycles. The molecule has 0 unspecified atom stereocenters. The van der Waals surface area contributed by atoms with Crippen LogP contribution in [0.5, 0.6) is 0 Å². The molecular weight excluding hydrogens is 234 g/mol. The molecule has 1 aliphatic heterocycles. The number of halogens is 1. The molecule has 96 valence electrons. The Kier molecular flexibility index (Phi) is 6.48. The van der Waals surface area contributed by atoms with Crippen LogP contribution in [0.1, 0.15) is 18.4 Å². The first-order valence-corrected chi connectivity index (χ1v) is 6.14. The fourth-order valence-corrected chi connectivity index (χ4v) is 2.39. The van der Waals surface area contributed by atoms with Gasteiger partial charge in [-0.15, -0.1) is 12.4 Å². The summed E-state index contributed by atoms with van der Waals surface area (Å²) in [7, 11) is 2.04. The largest absolute Gasteiger partial charge is 0.319 e. The van der Waals surface area contributed by atoms with Crippen LogP contribution < -0.4 is 5.32 Å². The number of nitrogens with one attached hydrogen (secondary N) is 1. The van der Waals surface area contributed by atoms with Crippen molar-refractivity contribution in [3.63, 3.8) is 0 Å². The van der Waals surface area contributed by atoms with Crippen molar-refractivity contribution < 1.29 is 0 Å². The van der Waals surface area contributed by atoms with E-state index in [1.54, 1.807) is 0 Å². The van der Waals surface area contributed by atoms with Gasteiger partial charge in [-0.05, 0) is 57.1 Å². The van der Waals surface area contributed by atoms with E-state index in [1.165, 1.54) is 38.0 Å². The highest BCUT2D eigenvalue weighted by Crippen LogP contribution is 2.17. The third kappa shape index (κ3) is 4.62. The van der Waals surface area contributed by atoms with Gasteiger partial charge in [-0.1, -0.05) is 6.07 Å². The molecule has 0 spiro atoms. The summed E-state index contributed by atoms with van der Waals surface area (Å²) in [6, 6.07) is 4.18. The second-order valence-electron chi connectivity index (χ2n) is 4.64. The minimum Gasteiger partial charge on any atom is -0.319 e. The third-order valence-electron chi connectivity index (χ3n) is 3.33. The van der Waals surface area contributed by atoms with Gasteiger partial charge in [0.15, 0.2) is 0 Å². The molecule has 0 aliphatic carbocycles. The Morgan fingerprint density at radius 2 is 2.18 bits per heavy atom. The van der Waals surface area contributed by atoms with Crippen molar-refractivity contribution >= 4 is 12.4 Å². The number of nitrogens with zero attached hydrogens (tertiary/aromatic N) is 2. The maximum absolute atomic E-state index is 4.16. The van der Waals surface area contributed by atoms with Crippen LogP contribution in [0.25, 0.3) is 0 Å². The van der Waals surface area contributed by atoms with Gasteiger partial charge in [-0.2, -0.15) is 0 Å². The maximum Gasteiger partial charge on any atom is 0.0312 e. The second-order valence-corrected chi connectivity index (χ2v) is 4.64. The van der Waals surface area contributed by atoms with E-state index in [-0.39, 0.29) is 12.4 Å². The highest BCUT2D eigenvalue weighted by molar-refractivity contribution is 5.85. The molecular formula is C13H22ClN3. The Morgan fingerprint density at radius 3 is 2.76 bits per heavy atom. The zero-order chi connectivity index (χ0) is 11.2. The van der Waals surface area contributed by atoms with Crippen LogP contribution in [0.4, 0.5) is 0 Å². The van der Waals surface area contributed by atoms with Gasteiger partial charge in [-0.3, -0.25) is 9.88 Å². The molecule has 2 rings (SSSR count). The van der Waals surface area contributed by atoms with Gasteiger partial charge in [0.25, 0.3) is 0 Å². The number of piperidine rings is 1. The van der Waals surface area contributed by atoms with E-state index in [4.69, 9.17) is 0 Å². The van der Waals surface area contributed by atoms with Gasteiger partial charge >= 0.3 is 0 Å². The Labute approximate surface area is 110 Å². The highest BCUT2D eigenvalue weighted by atomic mass is 35.5. The summed E-state index contributed by atoms with van der Waals surface area (Å²) in [5, 5.41) is 3.27. The third-order valence-corrected chi connectivity index (χ3v) is 3.33. The van der Waals surface area contributed by atoms with Crippen molar-refractivity contribution in [1.29, 1.82) is 0 Å². The van der Waals surface area contributed by atoms with Crippen molar-refractivity contribution in [2.75, 3.05) is 26.7 Å². The predicted molar refractivity (Wildman–Crippen MR) is 73.4 cm³/mol. The van der Waals surface area contributed by atoms with E-state index < -0.39 is 0 Å². The van der Waals surface area contributed by atoms with Crippen LogP contribution in [-0.4, -0.2) is 36.6 Å². The molecule has 0 radical (unpaired) electrons. The molecule has 4 heteroatoms. The number of likely N-dealkylation sites (tertiary alicyclic amines) is 1.